The largest absolute Gasteiger partial charge is 0.416 e. The summed E-state index contributed by atoms with van der Waals surface area (Å²) >= 11 is 1.43. The van der Waals surface area contributed by atoms with Crippen molar-refractivity contribution in [2.75, 3.05) is 5.32 Å². The highest BCUT2D eigenvalue weighted by Gasteiger charge is 2.30. The van der Waals surface area contributed by atoms with Gasteiger partial charge in [0.05, 0.1) is 11.3 Å². The number of aromatic nitrogens is 1. The Morgan fingerprint density at radius 3 is 2.52 bits per heavy atom. The van der Waals surface area contributed by atoms with Crippen LogP contribution in [0.2, 0.25) is 0 Å². The zero-order valence-corrected chi connectivity index (χ0v) is 11.6. The molecule has 3 rings (SSSR count). The van der Waals surface area contributed by atoms with E-state index in [1.54, 1.807) is 0 Å². The molecule has 0 atom stereocenters. The van der Waals surface area contributed by atoms with E-state index in [9.17, 15) is 18.0 Å². The van der Waals surface area contributed by atoms with E-state index < -0.39 is 17.6 Å². The van der Waals surface area contributed by atoms with Crippen molar-refractivity contribution in [3.63, 3.8) is 0 Å². The minimum absolute atomic E-state index is 0.179. The lowest BCUT2D eigenvalue weighted by Gasteiger charge is -2.07. The summed E-state index contributed by atoms with van der Waals surface area (Å²) in [6.07, 6.45) is -1.42. The zero-order valence-electron chi connectivity index (χ0n) is 10.8. The number of thiazole rings is 1. The number of rotatable bonds is 2. The normalized spacial score (nSPS) is 14.0. The molecule has 7 heteroatoms. The lowest BCUT2D eigenvalue weighted by Crippen LogP contribution is -2.12. The van der Waals surface area contributed by atoms with E-state index in [1.165, 1.54) is 28.3 Å². The van der Waals surface area contributed by atoms with Crippen molar-refractivity contribution in [2.24, 2.45) is 0 Å². The fourth-order valence-corrected chi connectivity index (χ4v) is 3.27. The van der Waals surface area contributed by atoms with Crippen LogP contribution in [0.25, 0.3) is 0 Å². The molecule has 3 nitrogen and oxygen atoms in total. The van der Waals surface area contributed by atoms with Gasteiger partial charge in [-0.05, 0) is 43.5 Å². The van der Waals surface area contributed by atoms with Crippen molar-refractivity contribution in [3.05, 3.63) is 46.0 Å². The molecule has 0 saturated carbocycles. The van der Waals surface area contributed by atoms with E-state index in [4.69, 9.17) is 0 Å². The number of hydrogen-bond acceptors (Lipinski definition) is 3. The number of benzene rings is 1. The Morgan fingerprint density at radius 1 is 1.19 bits per heavy atom. The van der Waals surface area contributed by atoms with Gasteiger partial charge < -0.3 is 0 Å². The number of halogens is 3. The number of amides is 1. The molecule has 0 saturated heterocycles. The van der Waals surface area contributed by atoms with Crippen LogP contribution in [0.1, 0.15) is 32.9 Å². The van der Waals surface area contributed by atoms with Crippen LogP contribution in [-0.4, -0.2) is 10.9 Å². The number of aryl methyl sites for hydroxylation is 2. The predicted molar refractivity (Wildman–Crippen MR) is 73.5 cm³/mol. The molecule has 1 amide bonds. The van der Waals surface area contributed by atoms with Gasteiger partial charge in [-0.15, -0.1) is 11.3 Å². The third kappa shape index (κ3) is 2.92. The van der Waals surface area contributed by atoms with E-state index >= 15 is 0 Å². The van der Waals surface area contributed by atoms with Gasteiger partial charge in [0.1, 0.15) is 0 Å². The van der Waals surface area contributed by atoms with Gasteiger partial charge in [0, 0.05) is 10.4 Å². The van der Waals surface area contributed by atoms with Gasteiger partial charge in [0.2, 0.25) is 0 Å². The molecule has 1 N–H and O–H groups in total. The van der Waals surface area contributed by atoms with Crippen LogP contribution in [0.5, 0.6) is 0 Å². The molecule has 1 heterocycles. The third-order valence-electron chi connectivity index (χ3n) is 3.29. The molecule has 1 aliphatic rings. The Hall–Kier alpha value is -1.89. The molecule has 0 unspecified atom stereocenters. The number of carbonyl (C=O) groups is 1. The molecule has 0 aliphatic heterocycles. The molecule has 1 aliphatic carbocycles. The number of hydrogen-bond donors (Lipinski definition) is 1. The fraction of sp³-hybridized carbons (Fsp3) is 0.286. The van der Waals surface area contributed by atoms with Crippen molar-refractivity contribution in [1.82, 2.24) is 4.98 Å². The summed E-state index contributed by atoms with van der Waals surface area (Å²) in [4.78, 5) is 17.5. The van der Waals surface area contributed by atoms with Crippen LogP contribution in [0.15, 0.2) is 24.3 Å². The van der Waals surface area contributed by atoms with Crippen LogP contribution < -0.4 is 5.32 Å². The second-order valence-corrected chi connectivity index (χ2v) is 5.86. The summed E-state index contributed by atoms with van der Waals surface area (Å²) in [5.41, 5.74) is 0.424. The Bertz CT molecular complexity index is 655. The van der Waals surface area contributed by atoms with Crippen LogP contribution in [0.4, 0.5) is 18.3 Å². The first-order chi connectivity index (χ1) is 9.93. The number of nitrogens with one attached hydrogen (secondary N) is 1. The van der Waals surface area contributed by atoms with Crippen LogP contribution in [0.3, 0.4) is 0 Å². The minimum atomic E-state index is -4.40. The van der Waals surface area contributed by atoms with E-state index in [0.717, 1.165) is 37.1 Å². The Labute approximate surface area is 122 Å². The van der Waals surface area contributed by atoms with E-state index in [0.29, 0.717) is 5.13 Å². The molecule has 1 aromatic heterocycles. The first-order valence-electron chi connectivity index (χ1n) is 6.41. The first kappa shape index (κ1) is 14.1. The van der Waals surface area contributed by atoms with Crippen LogP contribution in [0, 0.1) is 0 Å². The van der Waals surface area contributed by atoms with Gasteiger partial charge in [-0.1, -0.05) is 0 Å². The number of fused-ring (bicyclic) bond motifs is 1. The molecule has 2 aromatic rings. The van der Waals surface area contributed by atoms with Crippen molar-refractivity contribution < 1.29 is 18.0 Å². The number of alkyl halides is 3. The average Bonchev–Trinajstić information content (AvgIpc) is 2.98. The topological polar surface area (TPSA) is 42.0 Å². The zero-order chi connectivity index (χ0) is 15.0. The molecular formula is C14H11F3N2OS. The summed E-state index contributed by atoms with van der Waals surface area (Å²) in [5.74, 6) is -0.448. The maximum atomic E-state index is 12.5. The van der Waals surface area contributed by atoms with Crippen LogP contribution >= 0.6 is 11.3 Å². The van der Waals surface area contributed by atoms with E-state index in [-0.39, 0.29) is 5.56 Å². The second kappa shape index (κ2) is 5.14. The first-order valence-corrected chi connectivity index (χ1v) is 7.22. The van der Waals surface area contributed by atoms with Gasteiger partial charge in [0.15, 0.2) is 5.13 Å². The van der Waals surface area contributed by atoms with Gasteiger partial charge in [-0.25, -0.2) is 4.98 Å². The summed E-state index contributed by atoms with van der Waals surface area (Å²) in [7, 11) is 0. The summed E-state index contributed by atoms with van der Waals surface area (Å²) in [6.45, 7) is 0. The summed E-state index contributed by atoms with van der Waals surface area (Å²) in [5, 5.41) is 3.14. The standard InChI is InChI=1S/C14H11F3N2OS/c15-14(16,17)9-6-4-8(5-7-9)12(20)19-13-18-10-2-1-3-11(10)21-13/h4-7H,1-3H2,(H,18,19,20). The number of anilines is 1. The van der Waals surface area contributed by atoms with Crippen molar-refractivity contribution in [3.8, 4) is 0 Å². The van der Waals surface area contributed by atoms with Gasteiger partial charge in [-0.2, -0.15) is 13.2 Å². The number of carbonyl (C=O) groups excluding carboxylic acids is 1. The number of nitrogens with zero attached hydrogens (tertiary/aromatic N) is 1. The molecule has 0 bridgehead atoms. The second-order valence-electron chi connectivity index (χ2n) is 4.77. The maximum absolute atomic E-state index is 12.5. The summed E-state index contributed by atoms with van der Waals surface area (Å²) in [6, 6.07) is 4.13. The maximum Gasteiger partial charge on any atom is 0.416 e. The lowest BCUT2D eigenvalue weighted by molar-refractivity contribution is -0.137. The Balaban J connectivity index is 1.73. The quantitative estimate of drug-likeness (QED) is 0.913. The molecule has 0 fully saturated rings. The monoisotopic (exact) mass is 312 g/mol. The highest BCUT2D eigenvalue weighted by atomic mass is 32.1. The molecular weight excluding hydrogens is 301 g/mol. The fourth-order valence-electron chi connectivity index (χ4n) is 2.22. The van der Waals surface area contributed by atoms with Crippen LogP contribution in [-0.2, 0) is 19.0 Å². The minimum Gasteiger partial charge on any atom is -0.298 e. The summed E-state index contributed by atoms with van der Waals surface area (Å²) < 4.78 is 37.4. The van der Waals surface area contributed by atoms with Gasteiger partial charge in [-0.3, -0.25) is 10.1 Å². The van der Waals surface area contributed by atoms with E-state index in [1.807, 2.05) is 0 Å². The van der Waals surface area contributed by atoms with Crippen molar-refractivity contribution in [1.29, 1.82) is 0 Å². The molecule has 110 valence electrons. The van der Waals surface area contributed by atoms with Crippen molar-refractivity contribution >= 4 is 22.4 Å². The highest BCUT2D eigenvalue weighted by Crippen LogP contribution is 2.31. The molecule has 0 radical (unpaired) electrons. The van der Waals surface area contributed by atoms with Gasteiger partial charge >= 0.3 is 6.18 Å². The van der Waals surface area contributed by atoms with Gasteiger partial charge in [0.25, 0.3) is 5.91 Å². The molecule has 0 spiro atoms. The average molecular weight is 312 g/mol. The van der Waals surface area contributed by atoms with Crippen molar-refractivity contribution in [2.45, 2.75) is 25.4 Å². The highest BCUT2D eigenvalue weighted by molar-refractivity contribution is 7.15. The lowest BCUT2D eigenvalue weighted by atomic mass is 10.1. The third-order valence-corrected chi connectivity index (χ3v) is 4.36. The predicted octanol–water partition coefficient (Wildman–Crippen LogP) is 3.90. The molecule has 21 heavy (non-hydrogen) atoms. The van der Waals surface area contributed by atoms with E-state index in [2.05, 4.69) is 10.3 Å². The Kier molecular flexibility index (Phi) is 3.44. The molecule has 1 aromatic carbocycles. The Morgan fingerprint density at radius 2 is 1.90 bits per heavy atom. The smallest absolute Gasteiger partial charge is 0.298 e. The SMILES string of the molecule is O=C(Nc1nc2c(s1)CCC2)c1ccc(C(F)(F)F)cc1.